The highest BCUT2D eigenvalue weighted by molar-refractivity contribution is 5.45. The van der Waals surface area contributed by atoms with Crippen LogP contribution >= 0.6 is 0 Å². The second kappa shape index (κ2) is 4.95. The summed E-state index contributed by atoms with van der Waals surface area (Å²) in [6, 6.07) is 13.4. The molecule has 2 aromatic carbocycles. The van der Waals surface area contributed by atoms with E-state index in [9.17, 15) is 8.78 Å². The minimum absolute atomic E-state index is 0.284. The standard InChI is InChI=1S/C14H13F2N/c1-10(17-11-6-3-2-4-7-11)12-8-5-9-13(15)14(12)16/h2-10,17H,1H3. The molecule has 0 bridgehead atoms. The summed E-state index contributed by atoms with van der Waals surface area (Å²) in [4.78, 5) is 0. The van der Waals surface area contributed by atoms with Crippen LogP contribution in [0, 0.1) is 11.6 Å². The maximum atomic E-state index is 13.5. The second-order valence-electron chi connectivity index (χ2n) is 3.88. The van der Waals surface area contributed by atoms with Gasteiger partial charge in [0.2, 0.25) is 0 Å². The van der Waals surface area contributed by atoms with Crippen molar-refractivity contribution in [3.63, 3.8) is 0 Å². The van der Waals surface area contributed by atoms with E-state index >= 15 is 0 Å². The molecule has 0 aliphatic rings. The van der Waals surface area contributed by atoms with Crippen LogP contribution in [0.5, 0.6) is 0 Å². The quantitative estimate of drug-likeness (QED) is 0.840. The molecule has 1 nitrogen and oxygen atoms in total. The highest BCUT2D eigenvalue weighted by atomic mass is 19.2. The lowest BCUT2D eigenvalue weighted by Gasteiger charge is -2.16. The van der Waals surface area contributed by atoms with Crippen molar-refractivity contribution in [3.05, 3.63) is 65.7 Å². The van der Waals surface area contributed by atoms with Gasteiger partial charge in [-0.05, 0) is 25.1 Å². The molecule has 0 aliphatic carbocycles. The second-order valence-corrected chi connectivity index (χ2v) is 3.88. The highest BCUT2D eigenvalue weighted by Crippen LogP contribution is 2.22. The molecule has 3 heteroatoms. The predicted octanol–water partition coefficient (Wildman–Crippen LogP) is 4.14. The summed E-state index contributed by atoms with van der Waals surface area (Å²) in [7, 11) is 0. The maximum Gasteiger partial charge on any atom is 0.164 e. The summed E-state index contributed by atoms with van der Waals surface area (Å²) >= 11 is 0. The van der Waals surface area contributed by atoms with Gasteiger partial charge in [-0.25, -0.2) is 8.78 Å². The molecule has 2 aromatic rings. The van der Waals surface area contributed by atoms with E-state index in [0.717, 1.165) is 11.8 Å². The number of nitrogens with one attached hydrogen (secondary N) is 1. The third kappa shape index (κ3) is 2.61. The number of anilines is 1. The number of hydrogen-bond donors (Lipinski definition) is 1. The average molecular weight is 233 g/mol. The van der Waals surface area contributed by atoms with Crippen molar-refractivity contribution in [1.29, 1.82) is 0 Å². The normalized spacial score (nSPS) is 12.2. The van der Waals surface area contributed by atoms with E-state index < -0.39 is 11.6 Å². The summed E-state index contributed by atoms with van der Waals surface area (Å²) in [5, 5.41) is 3.12. The molecule has 1 N–H and O–H groups in total. The van der Waals surface area contributed by atoms with Crippen molar-refractivity contribution in [3.8, 4) is 0 Å². The average Bonchev–Trinajstić information content (AvgIpc) is 2.34. The van der Waals surface area contributed by atoms with Crippen LogP contribution in [0.25, 0.3) is 0 Å². The number of rotatable bonds is 3. The first-order valence-electron chi connectivity index (χ1n) is 5.44. The van der Waals surface area contributed by atoms with E-state index in [0.29, 0.717) is 5.56 Å². The maximum absolute atomic E-state index is 13.5. The fraction of sp³-hybridized carbons (Fsp3) is 0.143. The van der Waals surface area contributed by atoms with E-state index in [4.69, 9.17) is 0 Å². The first kappa shape index (κ1) is 11.6. The third-order valence-electron chi connectivity index (χ3n) is 2.60. The van der Waals surface area contributed by atoms with Crippen LogP contribution in [0.1, 0.15) is 18.5 Å². The van der Waals surface area contributed by atoms with Gasteiger partial charge in [0.25, 0.3) is 0 Å². The number of benzene rings is 2. The molecule has 17 heavy (non-hydrogen) atoms. The Balaban J connectivity index is 2.20. The van der Waals surface area contributed by atoms with Crippen molar-refractivity contribution >= 4 is 5.69 Å². The van der Waals surface area contributed by atoms with Crippen molar-refractivity contribution in [2.24, 2.45) is 0 Å². The SMILES string of the molecule is CC(Nc1ccccc1)c1cccc(F)c1F. The number of hydrogen-bond acceptors (Lipinski definition) is 1. The fourth-order valence-corrected chi connectivity index (χ4v) is 1.72. The van der Waals surface area contributed by atoms with Crippen LogP contribution in [-0.4, -0.2) is 0 Å². The van der Waals surface area contributed by atoms with Crippen molar-refractivity contribution in [2.45, 2.75) is 13.0 Å². The van der Waals surface area contributed by atoms with Gasteiger partial charge in [0.1, 0.15) is 0 Å². The van der Waals surface area contributed by atoms with E-state index in [1.807, 2.05) is 30.3 Å². The summed E-state index contributed by atoms with van der Waals surface area (Å²) < 4.78 is 26.6. The monoisotopic (exact) mass is 233 g/mol. The predicted molar refractivity (Wildman–Crippen MR) is 64.8 cm³/mol. The minimum Gasteiger partial charge on any atom is -0.378 e. The van der Waals surface area contributed by atoms with Crippen LogP contribution in [-0.2, 0) is 0 Å². The Morgan fingerprint density at radius 2 is 1.65 bits per heavy atom. The third-order valence-corrected chi connectivity index (χ3v) is 2.60. The van der Waals surface area contributed by atoms with Gasteiger partial charge in [0.15, 0.2) is 11.6 Å². The summed E-state index contributed by atoms with van der Waals surface area (Å²) in [5.41, 5.74) is 1.21. The molecule has 0 spiro atoms. The zero-order valence-corrected chi connectivity index (χ0v) is 9.45. The van der Waals surface area contributed by atoms with Gasteiger partial charge in [-0.1, -0.05) is 30.3 Å². The van der Waals surface area contributed by atoms with Crippen molar-refractivity contribution in [1.82, 2.24) is 0 Å². The number of halogens is 2. The van der Waals surface area contributed by atoms with Crippen LogP contribution in [0.4, 0.5) is 14.5 Å². The zero-order valence-electron chi connectivity index (χ0n) is 9.45. The fourth-order valence-electron chi connectivity index (χ4n) is 1.72. The molecule has 1 unspecified atom stereocenters. The summed E-state index contributed by atoms with van der Waals surface area (Å²) in [6.45, 7) is 1.80. The molecule has 2 rings (SSSR count). The van der Waals surface area contributed by atoms with Gasteiger partial charge in [0, 0.05) is 11.3 Å². The molecular formula is C14H13F2N. The van der Waals surface area contributed by atoms with Crippen LogP contribution in [0.3, 0.4) is 0 Å². The minimum atomic E-state index is -0.816. The molecule has 0 fully saturated rings. The molecule has 0 saturated carbocycles. The molecule has 0 amide bonds. The topological polar surface area (TPSA) is 12.0 Å². The molecule has 0 aromatic heterocycles. The smallest absolute Gasteiger partial charge is 0.164 e. The van der Waals surface area contributed by atoms with Crippen molar-refractivity contribution < 1.29 is 8.78 Å². The van der Waals surface area contributed by atoms with Gasteiger partial charge in [-0.3, -0.25) is 0 Å². The van der Waals surface area contributed by atoms with Gasteiger partial charge in [-0.2, -0.15) is 0 Å². The Labute approximate surface area is 99.1 Å². The van der Waals surface area contributed by atoms with E-state index in [-0.39, 0.29) is 6.04 Å². The molecule has 88 valence electrons. The van der Waals surface area contributed by atoms with Crippen LogP contribution in [0.2, 0.25) is 0 Å². The molecule has 0 saturated heterocycles. The highest BCUT2D eigenvalue weighted by Gasteiger charge is 2.13. The lowest BCUT2D eigenvalue weighted by atomic mass is 10.1. The van der Waals surface area contributed by atoms with Gasteiger partial charge in [-0.15, -0.1) is 0 Å². The first-order chi connectivity index (χ1) is 8.18. The molecule has 0 aliphatic heterocycles. The Hall–Kier alpha value is -1.90. The largest absolute Gasteiger partial charge is 0.378 e. The molecule has 0 heterocycles. The first-order valence-corrected chi connectivity index (χ1v) is 5.44. The Morgan fingerprint density at radius 1 is 0.941 bits per heavy atom. The molecule has 0 radical (unpaired) electrons. The summed E-state index contributed by atoms with van der Waals surface area (Å²) in [5.74, 6) is -1.60. The van der Waals surface area contributed by atoms with Crippen LogP contribution in [0.15, 0.2) is 48.5 Å². The van der Waals surface area contributed by atoms with Gasteiger partial charge < -0.3 is 5.32 Å². The van der Waals surface area contributed by atoms with Crippen LogP contribution < -0.4 is 5.32 Å². The lowest BCUT2D eigenvalue weighted by Crippen LogP contribution is -2.09. The van der Waals surface area contributed by atoms with Gasteiger partial charge >= 0.3 is 0 Å². The van der Waals surface area contributed by atoms with E-state index in [2.05, 4.69) is 5.32 Å². The zero-order chi connectivity index (χ0) is 12.3. The van der Waals surface area contributed by atoms with E-state index in [1.54, 1.807) is 13.0 Å². The van der Waals surface area contributed by atoms with Gasteiger partial charge in [0.05, 0.1) is 6.04 Å². The Morgan fingerprint density at radius 3 is 2.35 bits per heavy atom. The number of para-hydroxylation sites is 1. The lowest BCUT2D eigenvalue weighted by molar-refractivity contribution is 0.494. The van der Waals surface area contributed by atoms with E-state index in [1.165, 1.54) is 6.07 Å². The Kier molecular flexibility index (Phi) is 3.38. The Bertz CT molecular complexity index is 497. The summed E-state index contributed by atoms with van der Waals surface area (Å²) in [6.07, 6.45) is 0. The molecule has 1 atom stereocenters. The van der Waals surface area contributed by atoms with Crippen molar-refractivity contribution in [2.75, 3.05) is 5.32 Å². The molecular weight excluding hydrogens is 220 g/mol.